The number of β-amino-alcohol motifs (C(OH)–C–C–N with tert-alkyl or cyclic N) is 1. The number of alkyl halides is 1. The van der Waals surface area contributed by atoms with Gasteiger partial charge in [0.2, 0.25) is 0 Å². The second-order valence-electron chi connectivity index (χ2n) is 4.07. The number of aliphatic hydroxyl groups is 1. The Morgan fingerprint density at radius 2 is 2.13 bits per heavy atom. The van der Waals surface area contributed by atoms with Gasteiger partial charge in [0.15, 0.2) is 0 Å². The van der Waals surface area contributed by atoms with Gasteiger partial charge in [-0.25, -0.2) is 4.39 Å². The van der Waals surface area contributed by atoms with Crippen molar-refractivity contribution in [3.05, 3.63) is 35.9 Å². The molecule has 1 aliphatic rings. The Morgan fingerprint density at radius 1 is 1.40 bits per heavy atom. The zero-order valence-electron chi connectivity index (χ0n) is 8.64. The topological polar surface area (TPSA) is 23.5 Å². The van der Waals surface area contributed by atoms with Crippen molar-refractivity contribution in [1.82, 2.24) is 4.90 Å². The van der Waals surface area contributed by atoms with E-state index in [-0.39, 0.29) is 0 Å². The van der Waals surface area contributed by atoms with Gasteiger partial charge in [-0.1, -0.05) is 30.3 Å². The lowest BCUT2D eigenvalue weighted by Gasteiger charge is -2.19. The maximum Gasteiger partial charge on any atom is 0.114 e. The van der Waals surface area contributed by atoms with Gasteiger partial charge in [-0.05, 0) is 12.0 Å². The second-order valence-corrected chi connectivity index (χ2v) is 4.07. The maximum atomic E-state index is 12.9. The van der Waals surface area contributed by atoms with Crippen LogP contribution in [0, 0.1) is 0 Å². The SMILES string of the molecule is OC(CN1CCC(F)C1)c1ccccc1. The molecule has 15 heavy (non-hydrogen) atoms. The molecule has 1 fully saturated rings. The predicted molar refractivity (Wildman–Crippen MR) is 57.4 cm³/mol. The van der Waals surface area contributed by atoms with Gasteiger partial charge in [-0.2, -0.15) is 0 Å². The first-order valence-electron chi connectivity index (χ1n) is 5.35. The van der Waals surface area contributed by atoms with Crippen LogP contribution in [0.4, 0.5) is 4.39 Å². The molecular formula is C12H16FNO. The predicted octanol–water partition coefficient (Wildman–Crippen LogP) is 1.76. The average Bonchev–Trinajstić information content (AvgIpc) is 2.65. The Balaban J connectivity index is 1.90. The zero-order chi connectivity index (χ0) is 10.7. The minimum absolute atomic E-state index is 0.462. The fraction of sp³-hybridized carbons (Fsp3) is 0.500. The molecule has 1 saturated heterocycles. The Morgan fingerprint density at radius 3 is 2.73 bits per heavy atom. The molecule has 0 amide bonds. The molecule has 1 heterocycles. The summed E-state index contributed by atoms with van der Waals surface area (Å²) in [5, 5.41) is 9.90. The van der Waals surface area contributed by atoms with Crippen LogP contribution in [0.5, 0.6) is 0 Å². The van der Waals surface area contributed by atoms with Crippen molar-refractivity contribution in [2.24, 2.45) is 0 Å². The largest absolute Gasteiger partial charge is 0.387 e. The summed E-state index contributed by atoms with van der Waals surface area (Å²) in [6, 6.07) is 9.52. The first-order chi connectivity index (χ1) is 7.25. The van der Waals surface area contributed by atoms with E-state index in [1.54, 1.807) is 0 Å². The van der Waals surface area contributed by atoms with E-state index < -0.39 is 12.3 Å². The molecule has 82 valence electrons. The van der Waals surface area contributed by atoms with Crippen molar-refractivity contribution >= 4 is 0 Å². The van der Waals surface area contributed by atoms with Crippen LogP contribution in [-0.4, -0.2) is 35.8 Å². The molecule has 3 heteroatoms. The van der Waals surface area contributed by atoms with E-state index in [9.17, 15) is 9.50 Å². The summed E-state index contributed by atoms with van der Waals surface area (Å²) >= 11 is 0. The van der Waals surface area contributed by atoms with Gasteiger partial charge in [0.25, 0.3) is 0 Å². The first-order valence-corrected chi connectivity index (χ1v) is 5.35. The number of aliphatic hydroxyl groups excluding tert-OH is 1. The molecule has 0 aromatic heterocycles. The Hall–Kier alpha value is -0.930. The van der Waals surface area contributed by atoms with Crippen molar-refractivity contribution in [2.45, 2.75) is 18.7 Å². The van der Waals surface area contributed by atoms with Crippen LogP contribution in [0.15, 0.2) is 30.3 Å². The zero-order valence-corrected chi connectivity index (χ0v) is 8.64. The lowest BCUT2D eigenvalue weighted by molar-refractivity contribution is 0.122. The number of halogens is 1. The highest BCUT2D eigenvalue weighted by atomic mass is 19.1. The van der Waals surface area contributed by atoms with Crippen LogP contribution < -0.4 is 0 Å². The summed E-state index contributed by atoms with van der Waals surface area (Å²) in [6.45, 7) is 1.75. The van der Waals surface area contributed by atoms with Crippen molar-refractivity contribution in [3.8, 4) is 0 Å². The van der Waals surface area contributed by atoms with Gasteiger partial charge in [-0.3, -0.25) is 4.90 Å². The highest BCUT2D eigenvalue weighted by Gasteiger charge is 2.23. The number of benzene rings is 1. The summed E-state index contributed by atoms with van der Waals surface area (Å²) < 4.78 is 12.9. The maximum absolute atomic E-state index is 12.9. The molecule has 1 aromatic rings. The summed E-state index contributed by atoms with van der Waals surface area (Å²) in [5.41, 5.74) is 0.903. The highest BCUT2D eigenvalue weighted by molar-refractivity contribution is 5.17. The third-order valence-electron chi connectivity index (χ3n) is 2.83. The lowest BCUT2D eigenvalue weighted by Crippen LogP contribution is -2.26. The fourth-order valence-electron chi connectivity index (χ4n) is 1.98. The van der Waals surface area contributed by atoms with Crippen LogP contribution in [0.2, 0.25) is 0 Å². The molecule has 2 unspecified atom stereocenters. The minimum atomic E-state index is -0.715. The molecule has 2 atom stereocenters. The van der Waals surface area contributed by atoms with Crippen molar-refractivity contribution in [1.29, 1.82) is 0 Å². The molecule has 0 radical (unpaired) electrons. The normalized spacial score (nSPS) is 24.3. The molecule has 0 aliphatic carbocycles. The molecule has 1 N–H and O–H groups in total. The highest BCUT2D eigenvalue weighted by Crippen LogP contribution is 2.18. The number of likely N-dealkylation sites (tertiary alicyclic amines) is 1. The standard InChI is InChI=1S/C12H16FNO/c13-11-6-7-14(8-11)9-12(15)10-4-2-1-3-5-10/h1-5,11-12,15H,6-9H2. The quantitative estimate of drug-likeness (QED) is 0.820. The number of rotatable bonds is 3. The summed E-state index contributed by atoms with van der Waals surface area (Å²) in [4.78, 5) is 1.97. The van der Waals surface area contributed by atoms with Gasteiger partial charge >= 0.3 is 0 Å². The monoisotopic (exact) mass is 209 g/mol. The van der Waals surface area contributed by atoms with E-state index in [1.807, 2.05) is 35.2 Å². The molecule has 2 rings (SSSR count). The van der Waals surface area contributed by atoms with E-state index >= 15 is 0 Å². The molecule has 0 saturated carbocycles. The van der Waals surface area contributed by atoms with Crippen LogP contribution in [-0.2, 0) is 0 Å². The molecule has 1 aliphatic heterocycles. The fourth-order valence-corrected chi connectivity index (χ4v) is 1.98. The molecule has 0 spiro atoms. The molecule has 0 bridgehead atoms. The number of nitrogens with zero attached hydrogens (tertiary/aromatic N) is 1. The van der Waals surface area contributed by atoms with E-state index in [1.165, 1.54) is 0 Å². The van der Waals surface area contributed by atoms with E-state index in [2.05, 4.69) is 0 Å². The van der Waals surface area contributed by atoms with Gasteiger partial charge in [-0.15, -0.1) is 0 Å². The lowest BCUT2D eigenvalue weighted by atomic mass is 10.1. The van der Waals surface area contributed by atoms with Crippen molar-refractivity contribution in [3.63, 3.8) is 0 Å². The third kappa shape index (κ3) is 2.76. The van der Waals surface area contributed by atoms with E-state index in [4.69, 9.17) is 0 Å². The minimum Gasteiger partial charge on any atom is -0.387 e. The van der Waals surface area contributed by atoms with Crippen LogP contribution in [0.25, 0.3) is 0 Å². The second kappa shape index (κ2) is 4.73. The Bertz CT molecular complexity index is 304. The van der Waals surface area contributed by atoms with Gasteiger partial charge in [0.1, 0.15) is 6.17 Å². The Kier molecular flexibility index (Phi) is 3.34. The van der Waals surface area contributed by atoms with Crippen LogP contribution in [0.1, 0.15) is 18.1 Å². The van der Waals surface area contributed by atoms with E-state index in [0.717, 1.165) is 12.1 Å². The van der Waals surface area contributed by atoms with Gasteiger partial charge in [0.05, 0.1) is 6.10 Å². The molecule has 1 aromatic carbocycles. The Labute approximate surface area is 89.3 Å². The average molecular weight is 209 g/mol. The van der Waals surface area contributed by atoms with E-state index in [0.29, 0.717) is 19.5 Å². The van der Waals surface area contributed by atoms with Crippen molar-refractivity contribution in [2.75, 3.05) is 19.6 Å². The summed E-state index contributed by atoms with van der Waals surface area (Å²) in [6.07, 6.45) is -0.619. The van der Waals surface area contributed by atoms with Gasteiger partial charge in [0, 0.05) is 19.6 Å². The first kappa shape index (κ1) is 10.6. The van der Waals surface area contributed by atoms with Crippen LogP contribution in [0.3, 0.4) is 0 Å². The van der Waals surface area contributed by atoms with Gasteiger partial charge < -0.3 is 5.11 Å². The molecule has 2 nitrogen and oxygen atoms in total. The number of hydrogen-bond donors (Lipinski definition) is 1. The summed E-state index contributed by atoms with van der Waals surface area (Å²) in [7, 11) is 0. The van der Waals surface area contributed by atoms with Crippen LogP contribution >= 0.6 is 0 Å². The summed E-state index contributed by atoms with van der Waals surface area (Å²) in [5.74, 6) is 0. The molecular weight excluding hydrogens is 193 g/mol. The third-order valence-corrected chi connectivity index (χ3v) is 2.83. The number of hydrogen-bond acceptors (Lipinski definition) is 2. The smallest absolute Gasteiger partial charge is 0.114 e. The van der Waals surface area contributed by atoms with Crippen molar-refractivity contribution < 1.29 is 9.50 Å².